The van der Waals surface area contributed by atoms with Gasteiger partial charge in [0.25, 0.3) is 0 Å². The number of fused-ring (bicyclic) bond motifs is 2. The van der Waals surface area contributed by atoms with E-state index in [0.717, 1.165) is 20.5 Å². The smallest absolute Gasteiger partial charge is 0.167 e. The van der Waals surface area contributed by atoms with Gasteiger partial charge in [0.15, 0.2) is 5.78 Å². The van der Waals surface area contributed by atoms with Crippen molar-refractivity contribution in [1.29, 1.82) is 0 Å². The Balaban J connectivity index is 2.25. The fourth-order valence-electron chi connectivity index (χ4n) is 2.22. The van der Waals surface area contributed by atoms with Crippen LogP contribution in [-0.2, 0) is 4.79 Å². The Kier molecular flexibility index (Phi) is 2.88. The number of halogens is 1. The maximum atomic E-state index is 12.3. The van der Waals surface area contributed by atoms with Crippen molar-refractivity contribution < 1.29 is 4.79 Å². The number of rotatable bonds is 0. The van der Waals surface area contributed by atoms with Gasteiger partial charge >= 0.3 is 0 Å². The summed E-state index contributed by atoms with van der Waals surface area (Å²) in [4.78, 5) is 12.3. The van der Waals surface area contributed by atoms with E-state index in [1.165, 1.54) is 0 Å². The minimum atomic E-state index is -0.172. The first kappa shape index (κ1) is 11.4. The Morgan fingerprint density at radius 1 is 1.00 bits per heavy atom. The van der Waals surface area contributed by atoms with Crippen molar-refractivity contribution in [3.8, 4) is 0 Å². The summed E-state index contributed by atoms with van der Waals surface area (Å²) in [6, 6.07) is 7.93. The summed E-state index contributed by atoms with van der Waals surface area (Å²) < 4.78 is 0.959. The molecule has 0 fully saturated rings. The Labute approximate surface area is 114 Å². The second-order valence-corrected chi connectivity index (χ2v) is 5.29. The quantitative estimate of drug-likeness (QED) is 0.718. The van der Waals surface area contributed by atoms with Crippen LogP contribution in [0, 0.1) is 5.92 Å². The van der Waals surface area contributed by atoms with Crippen LogP contribution >= 0.6 is 15.9 Å². The number of Topliss-reactive ketones (excluding diaryl/α,β-unsaturated/α-hetero) is 1. The Morgan fingerprint density at radius 2 is 1.78 bits per heavy atom. The number of carbonyl (C=O) groups is 1. The number of carbonyl (C=O) groups excluding carboxylic acids is 1. The van der Waals surface area contributed by atoms with Gasteiger partial charge in [0.1, 0.15) is 0 Å². The molecule has 1 unspecified atom stereocenters. The Bertz CT molecular complexity index is 720. The summed E-state index contributed by atoms with van der Waals surface area (Å²) in [6.45, 7) is 0. The van der Waals surface area contributed by atoms with Crippen LogP contribution in [-0.4, -0.2) is 5.78 Å². The van der Waals surface area contributed by atoms with Crippen molar-refractivity contribution in [3.63, 3.8) is 0 Å². The van der Waals surface area contributed by atoms with Crippen LogP contribution < -0.4 is 10.4 Å². The molecule has 2 heteroatoms. The summed E-state index contributed by atoms with van der Waals surface area (Å²) in [5, 5.41) is 2.07. The van der Waals surface area contributed by atoms with Gasteiger partial charge in [-0.3, -0.25) is 4.79 Å². The summed E-state index contributed by atoms with van der Waals surface area (Å²) in [5.41, 5.74) is 1.04. The van der Waals surface area contributed by atoms with Crippen LogP contribution in [0.15, 0.2) is 58.6 Å². The molecule has 0 saturated carbocycles. The van der Waals surface area contributed by atoms with Crippen LogP contribution in [0.1, 0.15) is 0 Å². The van der Waals surface area contributed by atoms with Crippen molar-refractivity contribution in [3.05, 3.63) is 69.1 Å². The zero-order valence-corrected chi connectivity index (χ0v) is 11.2. The lowest BCUT2D eigenvalue weighted by atomic mass is 9.88. The van der Waals surface area contributed by atoms with Crippen LogP contribution in [0.5, 0.6) is 0 Å². The minimum Gasteiger partial charge on any atom is -0.294 e. The van der Waals surface area contributed by atoms with E-state index in [2.05, 4.69) is 22.0 Å². The van der Waals surface area contributed by atoms with Crippen LogP contribution in [0.2, 0.25) is 0 Å². The average Bonchev–Trinajstić information content (AvgIpc) is 2.37. The van der Waals surface area contributed by atoms with Gasteiger partial charge in [-0.05, 0) is 28.2 Å². The molecule has 1 nitrogen and oxygen atoms in total. The predicted molar refractivity (Wildman–Crippen MR) is 77.4 cm³/mol. The molecular formula is C16H11BrO. The molecule has 0 aromatic heterocycles. The zero-order chi connectivity index (χ0) is 12.5. The third kappa shape index (κ3) is 2.04. The van der Waals surface area contributed by atoms with Crippen LogP contribution in [0.25, 0.3) is 12.2 Å². The largest absolute Gasteiger partial charge is 0.294 e. The topological polar surface area (TPSA) is 17.1 Å². The molecule has 18 heavy (non-hydrogen) atoms. The minimum absolute atomic E-state index is 0.128. The fraction of sp³-hybridized carbons (Fsp3) is 0.0625. The molecule has 88 valence electrons. The lowest BCUT2D eigenvalue weighted by Gasteiger charge is -2.16. The number of ketones is 1. The van der Waals surface area contributed by atoms with Crippen molar-refractivity contribution in [1.82, 2.24) is 0 Å². The molecule has 0 saturated heterocycles. The fourth-order valence-corrected chi connectivity index (χ4v) is 2.62. The SMILES string of the molecule is O=C1/C=c2/cccc/c2=C/C=C2/C=CC(Br)=CC12. The van der Waals surface area contributed by atoms with Gasteiger partial charge in [0, 0.05) is 4.48 Å². The molecule has 0 amide bonds. The molecule has 1 atom stereocenters. The molecule has 0 N–H and O–H groups in total. The van der Waals surface area contributed by atoms with Gasteiger partial charge in [-0.15, -0.1) is 0 Å². The molecule has 1 aromatic carbocycles. The molecule has 0 aliphatic heterocycles. The van der Waals surface area contributed by atoms with Crippen molar-refractivity contribution >= 4 is 33.9 Å². The molecule has 1 aromatic rings. The number of hydrogen-bond acceptors (Lipinski definition) is 1. The maximum absolute atomic E-state index is 12.3. The molecule has 2 aliphatic rings. The predicted octanol–water partition coefficient (Wildman–Crippen LogP) is 2.22. The van der Waals surface area contributed by atoms with Gasteiger partial charge in [0.2, 0.25) is 0 Å². The summed E-state index contributed by atoms with van der Waals surface area (Å²) in [7, 11) is 0. The lowest BCUT2D eigenvalue weighted by molar-refractivity contribution is -0.114. The van der Waals surface area contributed by atoms with Gasteiger partial charge in [0.05, 0.1) is 5.92 Å². The molecule has 3 rings (SSSR count). The van der Waals surface area contributed by atoms with E-state index in [1.54, 1.807) is 6.08 Å². The van der Waals surface area contributed by atoms with E-state index in [1.807, 2.05) is 48.6 Å². The molecule has 2 aliphatic carbocycles. The first-order valence-electron chi connectivity index (χ1n) is 5.82. The number of benzene rings is 1. The number of hydrogen-bond donors (Lipinski definition) is 0. The highest BCUT2D eigenvalue weighted by Crippen LogP contribution is 2.26. The van der Waals surface area contributed by atoms with Gasteiger partial charge < -0.3 is 0 Å². The average molecular weight is 299 g/mol. The van der Waals surface area contributed by atoms with E-state index in [0.29, 0.717) is 0 Å². The third-order valence-electron chi connectivity index (χ3n) is 3.18. The highest BCUT2D eigenvalue weighted by atomic mass is 79.9. The van der Waals surface area contributed by atoms with E-state index in [9.17, 15) is 4.79 Å². The van der Waals surface area contributed by atoms with Crippen LogP contribution in [0.3, 0.4) is 0 Å². The number of allylic oxidation sites excluding steroid dienone is 6. The molecule has 0 bridgehead atoms. The normalized spacial score (nSPS) is 28.1. The second kappa shape index (κ2) is 4.54. The van der Waals surface area contributed by atoms with Crippen LogP contribution in [0.4, 0.5) is 0 Å². The molecule has 0 radical (unpaired) electrons. The van der Waals surface area contributed by atoms with Crippen molar-refractivity contribution in [2.45, 2.75) is 0 Å². The second-order valence-electron chi connectivity index (χ2n) is 4.37. The maximum Gasteiger partial charge on any atom is 0.167 e. The lowest BCUT2D eigenvalue weighted by Crippen LogP contribution is -2.28. The highest BCUT2D eigenvalue weighted by molar-refractivity contribution is 9.11. The third-order valence-corrected chi connectivity index (χ3v) is 3.70. The first-order chi connectivity index (χ1) is 8.74. The summed E-state index contributed by atoms with van der Waals surface area (Å²) >= 11 is 3.43. The first-order valence-corrected chi connectivity index (χ1v) is 6.61. The van der Waals surface area contributed by atoms with Gasteiger partial charge in [-0.2, -0.15) is 0 Å². The van der Waals surface area contributed by atoms with E-state index in [4.69, 9.17) is 0 Å². The summed E-state index contributed by atoms with van der Waals surface area (Å²) in [6.07, 6.45) is 11.7. The molecule has 0 heterocycles. The van der Waals surface area contributed by atoms with Crippen molar-refractivity contribution in [2.75, 3.05) is 0 Å². The summed E-state index contributed by atoms with van der Waals surface area (Å²) in [5.74, 6) is -0.0444. The Hall–Kier alpha value is -1.67. The molecular weight excluding hydrogens is 288 g/mol. The zero-order valence-electron chi connectivity index (χ0n) is 9.64. The van der Waals surface area contributed by atoms with E-state index < -0.39 is 0 Å². The van der Waals surface area contributed by atoms with Gasteiger partial charge in [-0.1, -0.05) is 64.5 Å². The monoisotopic (exact) mass is 298 g/mol. The van der Waals surface area contributed by atoms with E-state index in [-0.39, 0.29) is 11.7 Å². The molecule has 0 spiro atoms. The van der Waals surface area contributed by atoms with Gasteiger partial charge in [-0.25, -0.2) is 0 Å². The highest BCUT2D eigenvalue weighted by Gasteiger charge is 2.20. The standard InChI is InChI=1S/C16H11BrO/c17-14-8-7-12-6-5-11-3-1-2-4-13(11)9-16(18)15(12)10-14/h1-10,15H/b11-5-,12-6-,13-9-. The Morgan fingerprint density at radius 3 is 2.61 bits per heavy atom. The van der Waals surface area contributed by atoms with E-state index >= 15 is 0 Å². The van der Waals surface area contributed by atoms with Crippen molar-refractivity contribution in [2.24, 2.45) is 5.92 Å².